The molecule has 2 aromatic rings. The molecular formula is C20H27N. The van der Waals surface area contributed by atoms with Crippen LogP contribution < -0.4 is 5.32 Å². The van der Waals surface area contributed by atoms with Crippen molar-refractivity contribution in [3.8, 4) is 11.1 Å². The van der Waals surface area contributed by atoms with E-state index in [1.807, 2.05) is 7.05 Å². The summed E-state index contributed by atoms with van der Waals surface area (Å²) in [5.74, 6) is 0.712. The van der Waals surface area contributed by atoms with E-state index in [0.29, 0.717) is 12.0 Å². The molecule has 1 nitrogen and oxygen atoms in total. The molecule has 1 heteroatoms. The third-order valence-electron chi connectivity index (χ3n) is 3.92. The van der Waals surface area contributed by atoms with Crippen LogP contribution in [0.25, 0.3) is 11.1 Å². The molecule has 0 radical (unpaired) electrons. The lowest BCUT2D eigenvalue weighted by Gasteiger charge is -2.11. The van der Waals surface area contributed by atoms with Crippen molar-refractivity contribution in [1.29, 1.82) is 0 Å². The van der Waals surface area contributed by atoms with Crippen LogP contribution in [-0.4, -0.2) is 13.1 Å². The Balaban J connectivity index is 2.08. The first-order chi connectivity index (χ1) is 10.1. The topological polar surface area (TPSA) is 12.0 Å². The lowest BCUT2D eigenvalue weighted by atomic mass is 9.98. The maximum Gasteiger partial charge on any atom is 0.00761 e. The largest absolute Gasteiger partial charge is 0.317 e. The fourth-order valence-electron chi connectivity index (χ4n) is 2.59. The number of hydrogen-bond acceptors (Lipinski definition) is 1. The second kappa shape index (κ2) is 7.42. The molecule has 0 aliphatic rings. The number of likely N-dealkylation sites (N-methyl/N-ethyl adjacent to an activating group) is 1. The molecule has 0 amide bonds. The van der Waals surface area contributed by atoms with Crippen LogP contribution in [0.3, 0.4) is 0 Å². The molecule has 21 heavy (non-hydrogen) atoms. The Labute approximate surface area is 129 Å². The van der Waals surface area contributed by atoms with Crippen LogP contribution in [0.4, 0.5) is 0 Å². The molecule has 2 rings (SSSR count). The van der Waals surface area contributed by atoms with E-state index in [1.165, 1.54) is 22.3 Å². The molecule has 0 aliphatic heterocycles. The van der Waals surface area contributed by atoms with Crippen molar-refractivity contribution in [1.82, 2.24) is 5.32 Å². The van der Waals surface area contributed by atoms with Crippen LogP contribution in [0, 0.1) is 5.92 Å². The summed E-state index contributed by atoms with van der Waals surface area (Å²) < 4.78 is 0. The lowest BCUT2D eigenvalue weighted by molar-refractivity contribution is 0.608. The quantitative estimate of drug-likeness (QED) is 0.809. The Morgan fingerprint density at radius 1 is 0.714 bits per heavy atom. The summed E-state index contributed by atoms with van der Waals surface area (Å²) in [6, 6.07) is 18.5. The van der Waals surface area contributed by atoms with Gasteiger partial charge in [-0.25, -0.2) is 0 Å². The van der Waals surface area contributed by atoms with Crippen molar-refractivity contribution in [2.24, 2.45) is 5.92 Å². The van der Waals surface area contributed by atoms with Crippen molar-refractivity contribution in [3.05, 3.63) is 59.7 Å². The Morgan fingerprint density at radius 3 is 1.52 bits per heavy atom. The van der Waals surface area contributed by atoms with Gasteiger partial charge in [0, 0.05) is 6.04 Å². The number of hydrogen-bond donors (Lipinski definition) is 1. The smallest absolute Gasteiger partial charge is 0.00761 e. The van der Waals surface area contributed by atoms with E-state index >= 15 is 0 Å². The van der Waals surface area contributed by atoms with Gasteiger partial charge in [0.2, 0.25) is 0 Å². The third-order valence-corrected chi connectivity index (χ3v) is 3.92. The second-order valence-electron chi connectivity index (χ2n) is 6.39. The van der Waals surface area contributed by atoms with E-state index < -0.39 is 0 Å². The SMILES string of the molecule is CNC(C)Cc1ccc(-c2ccc(CC(C)C)cc2)cc1. The van der Waals surface area contributed by atoms with Gasteiger partial charge in [0.25, 0.3) is 0 Å². The van der Waals surface area contributed by atoms with Crippen LogP contribution in [-0.2, 0) is 12.8 Å². The fraction of sp³-hybridized carbons (Fsp3) is 0.400. The minimum atomic E-state index is 0.520. The van der Waals surface area contributed by atoms with Crippen molar-refractivity contribution < 1.29 is 0 Å². The molecule has 0 saturated heterocycles. The molecule has 0 spiro atoms. The molecule has 0 fully saturated rings. The summed E-state index contributed by atoms with van der Waals surface area (Å²) >= 11 is 0. The average Bonchev–Trinajstić information content (AvgIpc) is 2.48. The molecule has 0 aliphatic carbocycles. The summed E-state index contributed by atoms with van der Waals surface area (Å²) in [5.41, 5.74) is 5.41. The van der Waals surface area contributed by atoms with Gasteiger partial charge in [0.05, 0.1) is 0 Å². The average molecular weight is 281 g/mol. The first-order valence-electron chi connectivity index (χ1n) is 7.94. The Kier molecular flexibility index (Phi) is 5.58. The van der Waals surface area contributed by atoms with E-state index in [1.54, 1.807) is 0 Å². The van der Waals surface area contributed by atoms with Crippen molar-refractivity contribution in [2.45, 2.75) is 39.7 Å². The zero-order chi connectivity index (χ0) is 15.2. The van der Waals surface area contributed by atoms with E-state index in [0.717, 1.165) is 12.8 Å². The van der Waals surface area contributed by atoms with Gasteiger partial charge in [-0.3, -0.25) is 0 Å². The summed E-state index contributed by atoms with van der Waals surface area (Å²) in [5, 5.41) is 3.28. The van der Waals surface area contributed by atoms with Gasteiger partial charge in [0.15, 0.2) is 0 Å². The van der Waals surface area contributed by atoms with Crippen LogP contribution >= 0.6 is 0 Å². The third kappa shape index (κ3) is 4.71. The fourth-order valence-corrected chi connectivity index (χ4v) is 2.59. The maximum atomic E-state index is 3.28. The van der Waals surface area contributed by atoms with E-state index in [4.69, 9.17) is 0 Å². The van der Waals surface area contributed by atoms with Gasteiger partial charge in [0.1, 0.15) is 0 Å². The zero-order valence-corrected chi connectivity index (χ0v) is 13.7. The summed E-state index contributed by atoms with van der Waals surface area (Å²) in [4.78, 5) is 0. The van der Waals surface area contributed by atoms with Gasteiger partial charge in [-0.1, -0.05) is 62.4 Å². The molecule has 0 bridgehead atoms. The Morgan fingerprint density at radius 2 is 1.14 bits per heavy atom. The molecule has 1 N–H and O–H groups in total. The molecule has 0 heterocycles. The van der Waals surface area contributed by atoms with Gasteiger partial charge >= 0.3 is 0 Å². The van der Waals surface area contributed by atoms with Crippen molar-refractivity contribution in [3.63, 3.8) is 0 Å². The summed E-state index contributed by atoms with van der Waals surface area (Å²) in [7, 11) is 2.01. The lowest BCUT2D eigenvalue weighted by Crippen LogP contribution is -2.23. The Bertz CT molecular complexity index is 537. The molecule has 0 saturated carbocycles. The van der Waals surface area contributed by atoms with Gasteiger partial charge in [-0.15, -0.1) is 0 Å². The highest BCUT2D eigenvalue weighted by Gasteiger charge is 2.03. The van der Waals surface area contributed by atoms with Crippen LogP contribution in [0.2, 0.25) is 0 Å². The van der Waals surface area contributed by atoms with Crippen molar-refractivity contribution >= 4 is 0 Å². The first-order valence-corrected chi connectivity index (χ1v) is 7.94. The molecule has 112 valence electrons. The zero-order valence-electron chi connectivity index (χ0n) is 13.7. The Hall–Kier alpha value is -1.60. The minimum absolute atomic E-state index is 0.520. The molecule has 2 aromatic carbocycles. The highest BCUT2D eigenvalue weighted by Crippen LogP contribution is 2.21. The summed E-state index contributed by atoms with van der Waals surface area (Å²) in [6.07, 6.45) is 2.23. The predicted octanol–water partition coefficient (Wildman–Crippen LogP) is 4.70. The molecule has 0 aromatic heterocycles. The predicted molar refractivity (Wildman–Crippen MR) is 92.6 cm³/mol. The molecule has 1 unspecified atom stereocenters. The van der Waals surface area contributed by atoms with Gasteiger partial charge in [-0.05, 0) is 55.0 Å². The van der Waals surface area contributed by atoms with E-state index in [-0.39, 0.29) is 0 Å². The second-order valence-corrected chi connectivity index (χ2v) is 6.39. The van der Waals surface area contributed by atoms with E-state index in [2.05, 4.69) is 74.6 Å². The van der Waals surface area contributed by atoms with Crippen LogP contribution in [0.1, 0.15) is 31.9 Å². The van der Waals surface area contributed by atoms with Gasteiger partial charge < -0.3 is 5.32 Å². The highest BCUT2D eigenvalue weighted by molar-refractivity contribution is 5.64. The van der Waals surface area contributed by atoms with E-state index in [9.17, 15) is 0 Å². The normalized spacial score (nSPS) is 12.6. The minimum Gasteiger partial charge on any atom is -0.317 e. The van der Waals surface area contributed by atoms with Gasteiger partial charge in [-0.2, -0.15) is 0 Å². The monoisotopic (exact) mass is 281 g/mol. The maximum absolute atomic E-state index is 3.28. The molecular weight excluding hydrogens is 254 g/mol. The highest BCUT2D eigenvalue weighted by atomic mass is 14.8. The first kappa shape index (κ1) is 15.8. The molecule has 1 atom stereocenters. The number of benzene rings is 2. The standard InChI is InChI=1S/C20H27N/c1-15(2)13-17-5-9-19(10-6-17)20-11-7-18(8-12-20)14-16(3)21-4/h5-12,15-16,21H,13-14H2,1-4H3. The van der Waals surface area contributed by atoms with Crippen LogP contribution in [0.5, 0.6) is 0 Å². The van der Waals surface area contributed by atoms with Crippen LogP contribution in [0.15, 0.2) is 48.5 Å². The number of nitrogens with one attached hydrogen (secondary N) is 1. The number of rotatable bonds is 6. The van der Waals surface area contributed by atoms with Crippen molar-refractivity contribution in [2.75, 3.05) is 7.05 Å². The summed E-state index contributed by atoms with van der Waals surface area (Å²) in [6.45, 7) is 6.74.